The lowest BCUT2D eigenvalue weighted by atomic mass is 9.95. The van der Waals surface area contributed by atoms with Crippen molar-refractivity contribution in [2.24, 2.45) is 11.7 Å². The van der Waals surface area contributed by atoms with Crippen LogP contribution in [-0.4, -0.2) is 24.1 Å². The predicted molar refractivity (Wildman–Crippen MR) is 65.5 cm³/mol. The van der Waals surface area contributed by atoms with Crippen molar-refractivity contribution >= 4 is 18.2 Å². The van der Waals surface area contributed by atoms with Gasteiger partial charge in [-0.05, 0) is 24.5 Å². The number of anilines is 1. The van der Waals surface area contributed by atoms with Gasteiger partial charge < -0.3 is 10.6 Å². The van der Waals surface area contributed by atoms with Gasteiger partial charge in [0.2, 0.25) is 0 Å². The molecule has 0 amide bonds. The molecule has 0 radical (unpaired) electrons. The molecule has 1 aliphatic rings. The predicted octanol–water partition coefficient (Wildman–Crippen LogP) is 1.68. The van der Waals surface area contributed by atoms with Crippen molar-refractivity contribution in [1.29, 1.82) is 0 Å². The molecule has 3 nitrogen and oxygen atoms in total. The third-order valence-corrected chi connectivity index (χ3v) is 2.94. The highest BCUT2D eigenvalue weighted by atomic mass is 35.5. The van der Waals surface area contributed by atoms with E-state index in [2.05, 4.69) is 22.9 Å². The molecule has 0 bridgehead atoms. The molecule has 1 fully saturated rings. The molecular formula is C11H18ClN3. The van der Waals surface area contributed by atoms with Crippen molar-refractivity contribution in [2.45, 2.75) is 19.4 Å². The lowest BCUT2D eigenvalue weighted by Gasteiger charge is -2.35. The van der Waals surface area contributed by atoms with Gasteiger partial charge in [0.25, 0.3) is 0 Å². The fourth-order valence-corrected chi connectivity index (χ4v) is 1.91. The van der Waals surface area contributed by atoms with Crippen LogP contribution in [0.1, 0.15) is 13.3 Å². The van der Waals surface area contributed by atoms with Gasteiger partial charge in [-0.15, -0.1) is 12.4 Å². The molecule has 2 heterocycles. The quantitative estimate of drug-likeness (QED) is 0.794. The molecule has 0 saturated carbocycles. The van der Waals surface area contributed by atoms with Crippen LogP contribution >= 0.6 is 12.4 Å². The van der Waals surface area contributed by atoms with Crippen LogP contribution in [0.2, 0.25) is 0 Å². The first-order valence-electron chi connectivity index (χ1n) is 5.19. The monoisotopic (exact) mass is 227 g/mol. The maximum absolute atomic E-state index is 5.97. The second-order valence-electron chi connectivity index (χ2n) is 4.06. The zero-order valence-corrected chi connectivity index (χ0v) is 9.78. The van der Waals surface area contributed by atoms with E-state index in [1.165, 1.54) is 0 Å². The van der Waals surface area contributed by atoms with Crippen LogP contribution in [0.5, 0.6) is 0 Å². The number of hydrogen-bond donors (Lipinski definition) is 1. The summed E-state index contributed by atoms with van der Waals surface area (Å²) in [5.41, 5.74) is 5.97. The van der Waals surface area contributed by atoms with Gasteiger partial charge in [-0.1, -0.05) is 13.0 Å². The molecule has 2 atom stereocenters. The number of rotatable bonds is 1. The first-order valence-corrected chi connectivity index (χ1v) is 5.19. The summed E-state index contributed by atoms with van der Waals surface area (Å²) in [7, 11) is 0. The van der Waals surface area contributed by atoms with Gasteiger partial charge in [0, 0.05) is 25.3 Å². The second kappa shape index (κ2) is 5.33. The molecule has 1 aliphatic heterocycles. The summed E-state index contributed by atoms with van der Waals surface area (Å²) >= 11 is 0. The number of hydrogen-bond acceptors (Lipinski definition) is 3. The highest BCUT2D eigenvalue weighted by Crippen LogP contribution is 2.19. The van der Waals surface area contributed by atoms with Crippen molar-refractivity contribution in [3.63, 3.8) is 0 Å². The van der Waals surface area contributed by atoms with E-state index >= 15 is 0 Å². The van der Waals surface area contributed by atoms with E-state index in [1.807, 2.05) is 18.3 Å². The van der Waals surface area contributed by atoms with Gasteiger partial charge in [-0.2, -0.15) is 0 Å². The summed E-state index contributed by atoms with van der Waals surface area (Å²) in [6, 6.07) is 6.39. The van der Waals surface area contributed by atoms with Crippen molar-refractivity contribution in [3.8, 4) is 0 Å². The Bertz CT molecular complexity index is 291. The Hall–Kier alpha value is -0.800. The highest BCUT2D eigenvalue weighted by molar-refractivity contribution is 5.85. The minimum Gasteiger partial charge on any atom is -0.356 e. The summed E-state index contributed by atoms with van der Waals surface area (Å²) < 4.78 is 0. The summed E-state index contributed by atoms with van der Waals surface area (Å²) in [5, 5.41) is 0. The van der Waals surface area contributed by atoms with E-state index < -0.39 is 0 Å². The largest absolute Gasteiger partial charge is 0.356 e. The SMILES string of the molecule is CC1CN(c2ccccn2)CCC1N.Cl. The topological polar surface area (TPSA) is 42.2 Å². The molecule has 0 aromatic carbocycles. The fourth-order valence-electron chi connectivity index (χ4n) is 1.91. The summed E-state index contributed by atoms with van der Waals surface area (Å²) in [6.07, 6.45) is 2.91. The molecule has 2 unspecified atom stereocenters. The van der Waals surface area contributed by atoms with Crippen LogP contribution < -0.4 is 10.6 Å². The van der Waals surface area contributed by atoms with E-state index in [4.69, 9.17) is 5.73 Å². The van der Waals surface area contributed by atoms with Gasteiger partial charge in [0.15, 0.2) is 0 Å². The number of nitrogens with zero attached hydrogens (tertiary/aromatic N) is 2. The van der Waals surface area contributed by atoms with Gasteiger partial charge in [0.05, 0.1) is 0 Å². The van der Waals surface area contributed by atoms with Gasteiger partial charge in [-0.3, -0.25) is 0 Å². The molecule has 4 heteroatoms. The Morgan fingerprint density at radius 1 is 1.47 bits per heavy atom. The van der Waals surface area contributed by atoms with Crippen LogP contribution in [0.15, 0.2) is 24.4 Å². The first kappa shape index (κ1) is 12.3. The Kier molecular flexibility index (Phi) is 4.36. The number of aromatic nitrogens is 1. The molecule has 0 spiro atoms. The minimum atomic E-state index is 0. The fraction of sp³-hybridized carbons (Fsp3) is 0.545. The minimum absolute atomic E-state index is 0. The Morgan fingerprint density at radius 2 is 2.27 bits per heavy atom. The van der Waals surface area contributed by atoms with Crippen LogP contribution in [-0.2, 0) is 0 Å². The molecule has 2 N–H and O–H groups in total. The maximum Gasteiger partial charge on any atom is 0.128 e. The van der Waals surface area contributed by atoms with E-state index in [0.29, 0.717) is 12.0 Å². The van der Waals surface area contributed by atoms with Gasteiger partial charge in [0.1, 0.15) is 5.82 Å². The van der Waals surface area contributed by atoms with Crippen LogP contribution in [0.4, 0.5) is 5.82 Å². The Morgan fingerprint density at radius 3 is 2.87 bits per heavy atom. The lowest BCUT2D eigenvalue weighted by Crippen LogP contribution is -2.46. The van der Waals surface area contributed by atoms with E-state index in [0.717, 1.165) is 25.3 Å². The summed E-state index contributed by atoms with van der Waals surface area (Å²) in [5.74, 6) is 1.64. The molecule has 1 aromatic heterocycles. The van der Waals surface area contributed by atoms with Crippen molar-refractivity contribution in [1.82, 2.24) is 4.98 Å². The second-order valence-corrected chi connectivity index (χ2v) is 4.06. The number of piperidine rings is 1. The Labute approximate surface area is 97.1 Å². The standard InChI is InChI=1S/C11H17N3.ClH/c1-9-8-14(7-5-10(9)12)11-4-2-3-6-13-11;/h2-4,6,9-10H,5,7-8,12H2,1H3;1H. The normalized spacial score (nSPS) is 25.9. The van der Waals surface area contributed by atoms with Gasteiger partial charge in [-0.25, -0.2) is 4.98 Å². The summed E-state index contributed by atoms with van der Waals surface area (Å²) in [6.45, 7) is 4.26. The lowest BCUT2D eigenvalue weighted by molar-refractivity contribution is 0.381. The zero-order chi connectivity index (χ0) is 9.97. The molecule has 1 saturated heterocycles. The smallest absolute Gasteiger partial charge is 0.128 e. The average Bonchev–Trinajstić information content (AvgIpc) is 2.23. The number of pyridine rings is 1. The third-order valence-electron chi connectivity index (χ3n) is 2.94. The average molecular weight is 228 g/mol. The van der Waals surface area contributed by atoms with Crippen LogP contribution in [0.25, 0.3) is 0 Å². The molecule has 1 aromatic rings. The van der Waals surface area contributed by atoms with Crippen LogP contribution in [0.3, 0.4) is 0 Å². The van der Waals surface area contributed by atoms with E-state index in [1.54, 1.807) is 0 Å². The van der Waals surface area contributed by atoms with E-state index in [9.17, 15) is 0 Å². The van der Waals surface area contributed by atoms with Crippen LogP contribution in [0, 0.1) is 5.92 Å². The van der Waals surface area contributed by atoms with Gasteiger partial charge >= 0.3 is 0 Å². The molecular weight excluding hydrogens is 210 g/mol. The van der Waals surface area contributed by atoms with Crippen molar-refractivity contribution in [2.75, 3.05) is 18.0 Å². The molecule has 2 rings (SSSR count). The maximum atomic E-state index is 5.97. The Balaban J connectivity index is 0.00000112. The molecule has 15 heavy (non-hydrogen) atoms. The zero-order valence-electron chi connectivity index (χ0n) is 8.97. The molecule has 84 valence electrons. The number of halogens is 1. The first-order chi connectivity index (χ1) is 6.77. The summed E-state index contributed by atoms with van der Waals surface area (Å²) in [4.78, 5) is 6.66. The number of nitrogens with two attached hydrogens (primary N) is 1. The van der Waals surface area contributed by atoms with Crippen molar-refractivity contribution < 1.29 is 0 Å². The highest BCUT2D eigenvalue weighted by Gasteiger charge is 2.23. The molecule has 0 aliphatic carbocycles. The van der Waals surface area contributed by atoms with E-state index in [-0.39, 0.29) is 12.4 Å². The van der Waals surface area contributed by atoms with Crippen molar-refractivity contribution in [3.05, 3.63) is 24.4 Å². The third kappa shape index (κ3) is 2.83.